The average Bonchev–Trinajstić information content (AvgIpc) is 2.39. The number of hydrogen-bond donors (Lipinski definition) is 1. The molecule has 0 aromatic carbocycles. The molecule has 0 atom stereocenters. The lowest BCUT2D eigenvalue weighted by Gasteiger charge is -2.33. The number of likely N-dealkylation sites (tertiary alicyclic amines) is 1. The Bertz CT molecular complexity index is 404. The summed E-state index contributed by atoms with van der Waals surface area (Å²) in [5, 5.41) is 3.34. The van der Waals surface area contributed by atoms with Gasteiger partial charge in [-0.25, -0.2) is 9.79 Å². The minimum absolute atomic E-state index is 0.219. The number of piperidine rings is 1. The third-order valence-corrected chi connectivity index (χ3v) is 3.21. The van der Waals surface area contributed by atoms with Crippen molar-refractivity contribution in [3.63, 3.8) is 0 Å². The van der Waals surface area contributed by atoms with E-state index < -0.39 is 5.60 Å². The van der Waals surface area contributed by atoms with E-state index in [1.54, 1.807) is 4.90 Å². The maximum absolute atomic E-state index is 11.9. The molecule has 0 aromatic heterocycles. The van der Waals surface area contributed by atoms with Crippen molar-refractivity contribution in [2.75, 3.05) is 19.6 Å². The molecule has 0 radical (unpaired) electrons. The topological polar surface area (TPSA) is 66.3 Å². The summed E-state index contributed by atoms with van der Waals surface area (Å²) in [6.07, 6.45) is 4.39. The molecular weight excluding hydrogens is 256 g/mol. The van der Waals surface area contributed by atoms with E-state index in [1.165, 1.54) is 0 Å². The van der Waals surface area contributed by atoms with E-state index in [0.29, 0.717) is 19.1 Å². The highest BCUT2D eigenvalue weighted by atomic mass is 16.6. The summed E-state index contributed by atoms with van der Waals surface area (Å²) < 4.78 is 5.38. The van der Waals surface area contributed by atoms with Gasteiger partial charge in [0.15, 0.2) is 0 Å². The van der Waals surface area contributed by atoms with Gasteiger partial charge in [-0.05, 0) is 33.6 Å². The molecule has 0 aliphatic carbocycles. The molecule has 20 heavy (non-hydrogen) atoms. The van der Waals surface area contributed by atoms with Gasteiger partial charge in [-0.3, -0.25) is 4.99 Å². The van der Waals surface area contributed by atoms with Gasteiger partial charge in [-0.2, -0.15) is 0 Å². The summed E-state index contributed by atoms with van der Waals surface area (Å²) >= 11 is 0. The Labute approximate surface area is 120 Å². The van der Waals surface area contributed by atoms with Crippen molar-refractivity contribution in [1.29, 1.82) is 0 Å². The van der Waals surface area contributed by atoms with Crippen LogP contribution in [0.5, 0.6) is 0 Å². The molecule has 0 saturated carbocycles. The third-order valence-electron chi connectivity index (χ3n) is 3.21. The molecule has 112 valence electrons. The normalized spacial score (nSPS) is 20.6. The predicted octanol–water partition coefficient (Wildman–Crippen LogP) is 1.81. The highest BCUT2D eigenvalue weighted by molar-refractivity contribution is 5.89. The van der Waals surface area contributed by atoms with E-state index in [2.05, 4.69) is 15.3 Å². The average molecular weight is 280 g/mol. The Kier molecular flexibility index (Phi) is 4.62. The molecular formula is C14H24N4O2. The number of hydrogen-bond acceptors (Lipinski definition) is 5. The lowest BCUT2D eigenvalue weighted by atomic mass is 10.1. The molecule has 6 nitrogen and oxygen atoms in total. The van der Waals surface area contributed by atoms with Crippen LogP contribution in [0.3, 0.4) is 0 Å². The molecule has 0 bridgehead atoms. The van der Waals surface area contributed by atoms with E-state index in [4.69, 9.17) is 4.74 Å². The van der Waals surface area contributed by atoms with Gasteiger partial charge in [0.1, 0.15) is 5.60 Å². The van der Waals surface area contributed by atoms with Crippen LogP contribution in [-0.4, -0.2) is 54.4 Å². The lowest BCUT2D eigenvalue weighted by Crippen LogP contribution is -2.47. The zero-order valence-corrected chi connectivity index (χ0v) is 12.6. The number of carbonyl (C=O) groups excluding carboxylic acids is 1. The van der Waals surface area contributed by atoms with E-state index >= 15 is 0 Å². The first-order valence-corrected chi connectivity index (χ1v) is 7.25. The number of aliphatic imine (C=N–C) groups is 2. The SMILES string of the molecule is CC(C)(C)OC(=O)N1CCC(NC2=NCCC=N2)CC1. The summed E-state index contributed by atoms with van der Waals surface area (Å²) in [4.78, 5) is 22.3. The smallest absolute Gasteiger partial charge is 0.410 e. The second kappa shape index (κ2) is 6.24. The van der Waals surface area contributed by atoms with Crippen molar-refractivity contribution in [3.8, 4) is 0 Å². The number of nitrogens with one attached hydrogen (secondary N) is 1. The van der Waals surface area contributed by atoms with Crippen LogP contribution in [0.15, 0.2) is 9.98 Å². The predicted molar refractivity (Wildman–Crippen MR) is 79.4 cm³/mol. The van der Waals surface area contributed by atoms with E-state index in [0.717, 1.165) is 31.8 Å². The molecule has 0 unspecified atom stereocenters. The molecule has 2 rings (SSSR count). The number of ether oxygens (including phenoxy) is 1. The maximum Gasteiger partial charge on any atom is 0.410 e. The Morgan fingerprint density at radius 2 is 2.10 bits per heavy atom. The van der Waals surface area contributed by atoms with Crippen LogP contribution in [0, 0.1) is 0 Å². The molecule has 2 heterocycles. The van der Waals surface area contributed by atoms with Crippen LogP contribution in [0.1, 0.15) is 40.0 Å². The lowest BCUT2D eigenvalue weighted by molar-refractivity contribution is 0.0203. The van der Waals surface area contributed by atoms with Crippen LogP contribution >= 0.6 is 0 Å². The Balaban J connectivity index is 1.76. The van der Waals surface area contributed by atoms with Crippen molar-refractivity contribution in [1.82, 2.24) is 10.2 Å². The summed E-state index contributed by atoms with van der Waals surface area (Å²) in [6.45, 7) is 7.89. The van der Waals surface area contributed by atoms with Crippen LogP contribution in [0.4, 0.5) is 4.79 Å². The summed E-state index contributed by atoms with van der Waals surface area (Å²) in [7, 11) is 0. The fourth-order valence-corrected chi connectivity index (χ4v) is 2.22. The standard InChI is InChI=1S/C14H24N4O2/c1-14(2,3)20-13(19)18-9-5-11(6-10-18)17-12-15-7-4-8-16-12/h7,11H,4-6,8-10H2,1-3H3,(H,16,17). The first kappa shape index (κ1) is 14.8. The minimum atomic E-state index is -0.433. The monoisotopic (exact) mass is 280 g/mol. The van der Waals surface area contributed by atoms with E-state index in [-0.39, 0.29) is 6.09 Å². The van der Waals surface area contributed by atoms with Crippen molar-refractivity contribution >= 4 is 18.3 Å². The van der Waals surface area contributed by atoms with Crippen LogP contribution in [0.25, 0.3) is 0 Å². The zero-order chi connectivity index (χ0) is 14.6. The Hall–Kier alpha value is -1.59. The number of amides is 1. The molecule has 1 N–H and O–H groups in total. The molecule has 0 aromatic rings. The van der Waals surface area contributed by atoms with Gasteiger partial charge < -0.3 is 15.0 Å². The zero-order valence-electron chi connectivity index (χ0n) is 12.6. The maximum atomic E-state index is 11.9. The van der Waals surface area contributed by atoms with Crippen LogP contribution in [-0.2, 0) is 4.74 Å². The molecule has 0 spiro atoms. The molecule has 2 aliphatic heterocycles. The van der Waals surface area contributed by atoms with Gasteiger partial charge >= 0.3 is 6.09 Å². The second-order valence-corrected chi connectivity index (χ2v) is 6.19. The second-order valence-electron chi connectivity index (χ2n) is 6.19. The quantitative estimate of drug-likeness (QED) is 0.796. The Morgan fingerprint density at radius 1 is 1.40 bits per heavy atom. The summed E-state index contributed by atoms with van der Waals surface area (Å²) in [5.41, 5.74) is -0.433. The summed E-state index contributed by atoms with van der Waals surface area (Å²) in [6, 6.07) is 0.336. The molecule has 2 aliphatic rings. The summed E-state index contributed by atoms with van der Waals surface area (Å²) in [5.74, 6) is 0.729. The fourth-order valence-electron chi connectivity index (χ4n) is 2.22. The molecule has 6 heteroatoms. The van der Waals surface area contributed by atoms with E-state index in [9.17, 15) is 4.79 Å². The van der Waals surface area contributed by atoms with Crippen LogP contribution < -0.4 is 5.32 Å². The van der Waals surface area contributed by atoms with Gasteiger partial charge in [-0.1, -0.05) is 0 Å². The molecule has 1 saturated heterocycles. The van der Waals surface area contributed by atoms with Gasteiger partial charge in [-0.15, -0.1) is 0 Å². The van der Waals surface area contributed by atoms with E-state index in [1.807, 2.05) is 27.0 Å². The number of guanidine groups is 1. The van der Waals surface area contributed by atoms with Crippen molar-refractivity contribution in [2.24, 2.45) is 9.98 Å². The highest BCUT2D eigenvalue weighted by Crippen LogP contribution is 2.15. The fraction of sp³-hybridized carbons (Fsp3) is 0.786. The van der Waals surface area contributed by atoms with Crippen LogP contribution in [0.2, 0.25) is 0 Å². The highest BCUT2D eigenvalue weighted by Gasteiger charge is 2.27. The number of carbonyl (C=O) groups is 1. The van der Waals surface area contributed by atoms with Gasteiger partial charge in [0.2, 0.25) is 5.96 Å². The minimum Gasteiger partial charge on any atom is -0.444 e. The third kappa shape index (κ3) is 4.51. The van der Waals surface area contributed by atoms with Gasteiger partial charge in [0.05, 0.1) is 0 Å². The van der Waals surface area contributed by atoms with Crippen molar-refractivity contribution in [2.45, 2.75) is 51.7 Å². The van der Waals surface area contributed by atoms with Crippen molar-refractivity contribution < 1.29 is 9.53 Å². The first-order chi connectivity index (χ1) is 9.44. The largest absolute Gasteiger partial charge is 0.444 e. The Morgan fingerprint density at radius 3 is 2.65 bits per heavy atom. The van der Waals surface area contributed by atoms with Gasteiger partial charge in [0, 0.05) is 38.3 Å². The van der Waals surface area contributed by atoms with Crippen molar-refractivity contribution in [3.05, 3.63) is 0 Å². The van der Waals surface area contributed by atoms with Gasteiger partial charge in [0.25, 0.3) is 0 Å². The molecule has 1 fully saturated rings. The number of rotatable bonds is 1. The molecule has 1 amide bonds. The first-order valence-electron chi connectivity index (χ1n) is 7.25. The number of nitrogens with zero attached hydrogens (tertiary/aromatic N) is 3.